The van der Waals surface area contributed by atoms with E-state index in [1.54, 1.807) is 15.2 Å². The van der Waals surface area contributed by atoms with Crippen LogP contribution in [0.25, 0.3) is 0 Å². The van der Waals surface area contributed by atoms with Crippen LogP contribution in [0.4, 0.5) is 14.6 Å². The highest BCUT2D eigenvalue weighted by Crippen LogP contribution is 2.34. The Morgan fingerprint density at radius 1 is 1.15 bits per heavy atom. The van der Waals surface area contributed by atoms with Crippen molar-refractivity contribution in [2.24, 2.45) is 17.8 Å². The maximum absolute atomic E-state index is 15.0. The highest BCUT2D eigenvalue weighted by atomic mass is 19.1. The van der Waals surface area contributed by atoms with Crippen LogP contribution in [0, 0.1) is 23.5 Å². The lowest BCUT2D eigenvalue weighted by Crippen LogP contribution is -2.37. The Balaban J connectivity index is 1.38. The van der Waals surface area contributed by atoms with E-state index in [1.165, 1.54) is 6.07 Å². The summed E-state index contributed by atoms with van der Waals surface area (Å²) in [5, 5.41) is 11.8. The molecule has 10 heteroatoms. The van der Waals surface area contributed by atoms with Gasteiger partial charge in [-0.25, -0.2) is 8.78 Å². The van der Waals surface area contributed by atoms with Gasteiger partial charge >= 0.3 is 0 Å². The molecule has 0 radical (unpaired) electrons. The van der Waals surface area contributed by atoms with Gasteiger partial charge < -0.3 is 29.6 Å². The van der Waals surface area contributed by atoms with E-state index in [4.69, 9.17) is 10.5 Å². The van der Waals surface area contributed by atoms with Crippen molar-refractivity contribution >= 4 is 11.8 Å². The Labute approximate surface area is 238 Å². The van der Waals surface area contributed by atoms with Gasteiger partial charge in [-0.05, 0) is 75.7 Å². The molecule has 2 atom stereocenters. The summed E-state index contributed by atoms with van der Waals surface area (Å²) < 4.78 is 38.3. The number of benzene rings is 1. The number of aromatic nitrogens is 2. The Hall–Kier alpha value is -3.94. The predicted molar refractivity (Wildman–Crippen MR) is 153 cm³/mol. The zero-order valence-electron chi connectivity index (χ0n) is 23.4. The third kappa shape index (κ3) is 5.92. The Bertz CT molecular complexity index is 1580. The van der Waals surface area contributed by atoms with Gasteiger partial charge in [-0.2, -0.15) is 4.99 Å². The predicted octanol–water partition coefficient (Wildman–Crippen LogP) is 3.34. The van der Waals surface area contributed by atoms with Crippen molar-refractivity contribution in [3.05, 3.63) is 87.0 Å². The van der Waals surface area contributed by atoms with Crippen molar-refractivity contribution in [3.63, 3.8) is 0 Å². The number of fused-ring (bicyclic) bond motifs is 1. The number of aliphatic hydroxyl groups is 1. The lowest BCUT2D eigenvalue weighted by Gasteiger charge is -2.27. The fraction of sp³-hybridized carbons (Fsp3) is 0.419. The van der Waals surface area contributed by atoms with Crippen molar-refractivity contribution in [3.8, 4) is 11.8 Å². The monoisotopic (exact) mass is 563 g/mol. The third-order valence-electron chi connectivity index (χ3n) is 8.08. The number of likely N-dealkylation sites (N-methyl/N-ethyl adjacent to an activating group) is 1. The van der Waals surface area contributed by atoms with Crippen LogP contribution in [-0.2, 0) is 36.8 Å². The standard InChI is InChI=1S/C31H35F2N5O3/c1-36-16-5-9-24(36)20-41-30(34)35-28-21(14-18-37(28)2)7-3-4-15-31(40,26-19-22(32)10-13-27(26)33)25-12-11-23-8-6-17-38(23)29(25)39/h10-14,18-19,24,40H,5-9,15-17,20H2,1-2H3,(H2,34,35). The molecule has 0 saturated carbocycles. The van der Waals surface area contributed by atoms with E-state index in [0.29, 0.717) is 25.0 Å². The number of likely N-dealkylation sites (tertiary alicyclic amines) is 1. The number of rotatable bonds is 7. The molecule has 0 bridgehead atoms. The summed E-state index contributed by atoms with van der Waals surface area (Å²) >= 11 is 0. The van der Waals surface area contributed by atoms with Crippen molar-refractivity contribution in [1.82, 2.24) is 14.0 Å². The number of pyridine rings is 1. The number of halogens is 2. The van der Waals surface area contributed by atoms with Gasteiger partial charge in [0.1, 0.15) is 29.7 Å². The first kappa shape index (κ1) is 28.6. The first-order chi connectivity index (χ1) is 19.7. The molecule has 1 aromatic carbocycles. The van der Waals surface area contributed by atoms with Crippen LogP contribution in [0.5, 0.6) is 0 Å². The summed E-state index contributed by atoms with van der Waals surface area (Å²) in [7, 11) is 3.90. The summed E-state index contributed by atoms with van der Waals surface area (Å²) in [4.78, 5) is 20.0. The van der Waals surface area contributed by atoms with Gasteiger partial charge in [-0.15, -0.1) is 0 Å². The zero-order chi connectivity index (χ0) is 29.1. The number of aliphatic imine (C=N–C) groups is 1. The molecule has 0 amide bonds. The second kappa shape index (κ2) is 11.9. The molecule has 216 valence electrons. The molecular formula is C31H35F2N5O3. The third-order valence-corrected chi connectivity index (χ3v) is 8.08. The van der Waals surface area contributed by atoms with Crippen LogP contribution in [0.15, 0.2) is 52.4 Å². The van der Waals surface area contributed by atoms with Crippen molar-refractivity contribution in [2.45, 2.75) is 56.7 Å². The van der Waals surface area contributed by atoms with Crippen molar-refractivity contribution in [2.75, 3.05) is 20.2 Å². The Kier molecular flexibility index (Phi) is 8.29. The first-order valence-corrected chi connectivity index (χ1v) is 13.9. The molecule has 0 aliphatic carbocycles. The number of nitrogens with two attached hydrogens (primary N) is 1. The Morgan fingerprint density at radius 2 is 1.98 bits per heavy atom. The van der Waals surface area contributed by atoms with Gasteiger partial charge in [0, 0.05) is 55.5 Å². The van der Waals surface area contributed by atoms with Gasteiger partial charge in [-0.1, -0.05) is 11.8 Å². The quantitative estimate of drug-likeness (QED) is 0.261. The van der Waals surface area contributed by atoms with Crippen molar-refractivity contribution < 1.29 is 18.6 Å². The van der Waals surface area contributed by atoms with E-state index >= 15 is 0 Å². The molecule has 2 unspecified atom stereocenters. The van der Waals surface area contributed by atoms with Crippen LogP contribution >= 0.6 is 0 Å². The molecule has 3 N–H and O–H groups in total. The normalized spacial score (nSPS) is 18.6. The average molecular weight is 564 g/mol. The summed E-state index contributed by atoms with van der Waals surface area (Å²) in [5.74, 6) is 4.95. The van der Waals surface area contributed by atoms with Crippen molar-refractivity contribution in [1.29, 1.82) is 0 Å². The second-order valence-electron chi connectivity index (χ2n) is 10.8. The number of amidine groups is 1. The SMILES string of the molecule is CN1CCCC1CO/C(N)=N/c1c(CC#CCC(O)(c2cc(F)ccc2F)c2ccc3n(c2=O)CCC3)ccn1C. The van der Waals surface area contributed by atoms with E-state index in [1.807, 2.05) is 19.3 Å². The number of ether oxygens (including phenoxy) is 1. The summed E-state index contributed by atoms with van der Waals surface area (Å²) in [6.45, 7) is 2.01. The first-order valence-electron chi connectivity index (χ1n) is 13.9. The number of hydrogen-bond donors (Lipinski definition) is 2. The topological polar surface area (TPSA) is 98.0 Å². The van der Waals surface area contributed by atoms with Crippen LogP contribution in [0.1, 0.15) is 48.1 Å². The zero-order valence-corrected chi connectivity index (χ0v) is 23.4. The molecule has 4 heterocycles. The summed E-state index contributed by atoms with van der Waals surface area (Å²) in [6, 6.07) is 8.32. The highest BCUT2D eigenvalue weighted by molar-refractivity contribution is 5.75. The van der Waals surface area contributed by atoms with E-state index in [2.05, 4.69) is 28.8 Å². The maximum Gasteiger partial charge on any atom is 0.288 e. The number of aryl methyl sites for hydroxylation is 2. The molecule has 2 aliphatic rings. The van der Waals surface area contributed by atoms with Gasteiger partial charge in [-0.3, -0.25) is 4.79 Å². The van der Waals surface area contributed by atoms with Gasteiger partial charge in [0.05, 0.1) is 5.56 Å². The minimum Gasteiger partial charge on any atom is -0.463 e. The number of nitrogens with zero attached hydrogens (tertiary/aromatic N) is 4. The molecule has 8 nitrogen and oxygen atoms in total. The van der Waals surface area contributed by atoms with Gasteiger partial charge in [0.25, 0.3) is 11.6 Å². The molecule has 3 aromatic rings. The molecule has 2 aromatic heterocycles. The molecular weight excluding hydrogens is 528 g/mol. The van der Waals surface area contributed by atoms with E-state index in [-0.39, 0.29) is 30.0 Å². The van der Waals surface area contributed by atoms with E-state index in [0.717, 1.165) is 61.7 Å². The minimum atomic E-state index is -2.15. The molecule has 5 rings (SSSR count). The van der Waals surface area contributed by atoms with Crippen LogP contribution in [0.2, 0.25) is 0 Å². The summed E-state index contributed by atoms with van der Waals surface area (Å²) in [5.41, 5.74) is 4.77. The second-order valence-corrected chi connectivity index (χ2v) is 10.8. The van der Waals surface area contributed by atoms with Gasteiger partial charge in [0.15, 0.2) is 0 Å². The fourth-order valence-corrected chi connectivity index (χ4v) is 5.68. The Morgan fingerprint density at radius 3 is 2.76 bits per heavy atom. The smallest absolute Gasteiger partial charge is 0.288 e. The van der Waals surface area contributed by atoms with Crippen LogP contribution < -0.4 is 11.3 Å². The number of hydrogen-bond acceptors (Lipinski definition) is 5. The fourth-order valence-electron chi connectivity index (χ4n) is 5.68. The molecule has 0 spiro atoms. The minimum absolute atomic E-state index is 0.0372. The van der Waals surface area contributed by atoms with Gasteiger partial charge in [0.2, 0.25) is 0 Å². The molecule has 2 aliphatic heterocycles. The van der Waals surface area contributed by atoms with E-state index < -0.39 is 22.8 Å². The molecule has 1 fully saturated rings. The lowest BCUT2D eigenvalue weighted by molar-refractivity contribution is 0.0799. The molecule has 41 heavy (non-hydrogen) atoms. The van der Waals surface area contributed by atoms with Crippen LogP contribution in [-0.4, -0.2) is 51.4 Å². The summed E-state index contributed by atoms with van der Waals surface area (Å²) in [6.07, 6.45) is 5.51. The largest absolute Gasteiger partial charge is 0.463 e. The highest BCUT2D eigenvalue weighted by Gasteiger charge is 2.37. The lowest BCUT2D eigenvalue weighted by atomic mass is 9.83. The average Bonchev–Trinajstić information content (AvgIpc) is 3.68. The van der Waals surface area contributed by atoms with Crippen LogP contribution in [0.3, 0.4) is 0 Å². The van der Waals surface area contributed by atoms with E-state index in [9.17, 15) is 18.7 Å². The maximum atomic E-state index is 15.0. The molecule has 1 saturated heterocycles.